The van der Waals surface area contributed by atoms with Crippen LogP contribution in [0.3, 0.4) is 0 Å². The van der Waals surface area contributed by atoms with E-state index in [1.54, 1.807) is 0 Å². The van der Waals surface area contributed by atoms with Gasteiger partial charge in [0.15, 0.2) is 0 Å². The summed E-state index contributed by atoms with van der Waals surface area (Å²) in [7, 11) is 0. The predicted octanol–water partition coefficient (Wildman–Crippen LogP) is 3.38. The van der Waals surface area contributed by atoms with E-state index in [-0.39, 0.29) is 12.1 Å². The molecule has 0 atom stereocenters. The Morgan fingerprint density at radius 3 is 1.48 bits per heavy atom. The van der Waals surface area contributed by atoms with Crippen LogP contribution in [0.25, 0.3) is 0 Å². The minimum atomic E-state index is -5.13. The fraction of sp³-hybridized carbons (Fsp3) is 0.417. The van der Waals surface area contributed by atoms with E-state index in [4.69, 9.17) is 0 Å². The molecule has 0 radical (unpaired) electrons. The van der Waals surface area contributed by atoms with Gasteiger partial charge in [-0.15, -0.1) is 0 Å². The number of Topliss-reactive ketones (excluding diaryl/α,β-unsaturated/α-hetero) is 2. The maximum atomic E-state index is 12.6. The van der Waals surface area contributed by atoms with Gasteiger partial charge in [0.05, 0.1) is 0 Å². The molecule has 1 heterocycles. The molecular formula is C12H9F6NO2. The van der Waals surface area contributed by atoms with Crippen molar-refractivity contribution < 1.29 is 35.9 Å². The largest absolute Gasteiger partial charge is 0.433 e. The zero-order chi connectivity index (χ0) is 16.6. The van der Waals surface area contributed by atoms with Crippen molar-refractivity contribution >= 4 is 11.6 Å². The fourth-order valence-corrected chi connectivity index (χ4v) is 1.76. The zero-order valence-electron chi connectivity index (χ0n) is 10.8. The van der Waals surface area contributed by atoms with E-state index in [1.165, 1.54) is 0 Å². The van der Waals surface area contributed by atoms with Crippen molar-refractivity contribution in [2.75, 3.05) is 0 Å². The van der Waals surface area contributed by atoms with Crippen LogP contribution in [0.5, 0.6) is 0 Å². The number of halogens is 6. The Labute approximate surface area is 115 Å². The second-order valence-electron chi connectivity index (χ2n) is 4.32. The third kappa shape index (κ3) is 4.02. The molecule has 1 aromatic heterocycles. The molecule has 3 nitrogen and oxygen atoms in total. The zero-order valence-corrected chi connectivity index (χ0v) is 10.8. The van der Waals surface area contributed by atoms with Gasteiger partial charge < -0.3 is 0 Å². The first-order chi connectivity index (χ1) is 9.34. The van der Waals surface area contributed by atoms with Crippen molar-refractivity contribution in [3.05, 3.63) is 29.1 Å². The molecule has 1 aromatic rings. The molecule has 0 aromatic carbocycles. The number of pyridine rings is 1. The topological polar surface area (TPSA) is 47.0 Å². The Kier molecular flexibility index (Phi) is 4.45. The van der Waals surface area contributed by atoms with Crippen LogP contribution in [-0.4, -0.2) is 16.6 Å². The van der Waals surface area contributed by atoms with Gasteiger partial charge in [-0.3, -0.25) is 9.59 Å². The third-order valence-corrected chi connectivity index (χ3v) is 2.57. The summed E-state index contributed by atoms with van der Waals surface area (Å²) in [5, 5.41) is 0. The Balaban J connectivity index is 3.59. The minimum Gasteiger partial charge on any atom is -0.299 e. The molecule has 9 heteroatoms. The summed E-state index contributed by atoms with van der Waals surface area (Å²) in [6, 6.07) is 0.561. The lowest BCUT2D eigenvalue weighted by molar-refractivity contribution is -0.150. The van der Waals surface area contributed by atoms with E-state index in [9.17, 15) is 35.9 Å². The number of alkyl halides is 6. The van der Waals surface area contributed by atoms with Crippen LogP contribution >= 0.6 is 0 Å². The van der Waals surface area contributed by atoms with Crippen LogP contribution in [0.4, 0.5) is 26.3 Å². The monoisotopic (exact) mass is 313 g/mol. The molecule has 0 aliphatic carbocycles. The lowest BCUT2D eigenvalue weighted by Crippen LogP contribution is -2.21. The van der Waals surface area contributed by atoms with Gasteiger partial charge in [0.25, 0.3) is 0 Å². The second-order valence-corrected chi connectivity index (χ2v) is 4.32. The molecule has 1 rings (SSSR count). The molecule has 0 saturated carbocycles. The number of carbonyl (C=O) groups is 2. The van der Waals surface area contributed by atoms with E-state index in [2.05, 4.69) is 4.98 Å². The summed E-state index contributed by atoms with van der Waals surface area (Å²) in [5.41, 5.74) is -4.29. The summed E-state index contributed by atoms with van der Waals surface area (Å²) < 4.78 is 75.6. The van der Waals surface area contributed by atoms with Crippen molar-refractivity contribution in [1.82, 2.24) is 4.98 Å². The van der Waals surface area contributed by atoms with Crippen molar-refractivity contribution in [3.63, 3.8) is 0 Å². The molecule has 0 aliphatic heterocycles. The lowest BCUT2D eigenvalue weighted by Gasteiger charge is -2.16. The molecule has 0 N–H and O–H groups in total. The number of rotatable bonds is 3. The van der Waals surface area contributed by atoms with Crippen LogP contribution in [0.2, 0.25) is 0 Å². The molecule has 0 fully saturated rings. The normalized spacial score (nSPS) is 12.6. The summed E-state index contributed by atoms with van der Waals surface area (Å²) in [6.45, 7) is 1.82. The highest BCUT2D eigenvalue weighted by atomic mass is 19.4. The lowest BCUT2D eigenvalue weighted by atomic mass is 9.91. The average molecular weight is 313 g/mol. The Bertz CT molecular complexity index is 530. The van der Waals surface area contributed by atoms with Gasteiger partial charge >= 0.3 is 12.4 Å². The maximum absolute atomic E-state index is 12.6. The maximum Gasteiger partial charge on any atom is 0.433 e. The molecular weight excluding hydrogens is 304 g/mol. The van der Waals surface area contributed by atoms with Crippen LogP contribution in [0.1, 0.15) is 36.7 Å². The van der Waals surface area contributed by atoms with Gasteiger partial charge in [0.2, 0.25) is 0 Å². The molecule has 0 amide bonds. The van der Waals surface area contributed by atoms with Crippen LogP contribution in [0.15, 0.2) is 12.1 Å². The standard InChI is InChI=1S/C12H9F6NO2/c1-5(20)10(6(2)21)7-3-8(11(13,14)15)19-9(4-7)12(16,17)18/h3-4,10H,1-2H3. The molecule has 21 heavy (non-hydrogen) atoms. The Morgan fingerprint density at radius 1 is 0.905 bits per heavy atom. The predicted molar refractivity (Wildman–Crippen MR) is 58.3 cm³/mol. The molecule has 0 spiro atoms. The summed E-state index contributed by atoms with van der Waals surface area (Å²) in [5.74, 6) is -3.39. The summed E-state index contributed by atoms with van der Waals surface area (Å²) in [4.78, 5) is 25.1. The molecule has 0 bridgehead atoms. The van der Waals surface area contributed by atoms with E-state index < -0.39 is 46.8 Å². The number of ketones is 2. The number of aromatic nitrogens is 1. The van der Waals surface area contributed by atoms with E-state index >= 15 is 0 Å². The summed E-state index contributed by atoms with van der Waals surface area (Å²) in [6.07, 6.45) is -10.3. The third-order valence-electron chi connectivity index (χ3n) is 2.57. The van der Waals surface area contributed by atoms with Crippen molar-refractivity contribution in [2.45, 2.75) is 32.1 Å². The van der Waals surface area contributed by atoms with Gasteiger partial charge in [-0.25, -0.2) is 4.98 Å². The van der Waals surface area contributed by atoms with Gasteiger partial charge in [-0.05, 0) is 31.5 Å². The van der Waals surface area contributed by atoms with Crippen LogP contribution in [0, 0.1) is 0 Å². The Morgan fingerprint density at radius 2 is 1.24 bits per heavy atom. The SMILES string of the molecule is CC(=O)C(C(C)=O)c1cc(C(F)(F)F)nc(C(F)(F)F)c1. The van der Waals surface area contributed by atoms with Crippen molar-refractivity contribution in [3.8, 4) is 0 Å². The first-order valence-electron chi connectivity index (χ1n) is 5.51. The van der Waals surface area contributed by atoms with E-state index in [0.29, 0.717) is 0 Å². The minimum absolute atomic E-state index is 0.280. The first-order valence-corrected chi connectivity index (χ1v) is 5.51. The van der Waals surface area contributed by atoms with Crippen molar-refractivity contribution in [1.29, 1.82) is 0 Å². The van der Waals surface area contributed by atoms with E-state index in [1.807, 2.05) is 0 Å². The number of nitrogens with zero attached hydrogens (tertiary/aromatic N) is 1. The first kappa shape index (κ1) is 17.1. The quantitative estimate of drug-likeness (QED) is 0.635. The fourth-order valence-electron chi connectivity index (χ4n) is 1.76. The molecule has 0 unspecified atom stereocenters. The highest BCUT2D eigenvalue weighted by molar-refractivity contribution is 6.05. The van der Waals surface area contributed by atoms with E-state index in [0.717, 1.165) is 13.8 Å². The van der Waals surface area contributed by atoms with Gasteiger partial charge in [-0.1, -0.05) is 0 Å². The highest BCUT2D eigenvalue weighted by Crippen LogP contribution is 2.35. The molecule has 0 saturated heterocycles. The van der Waals surface area contributed by atoms with Crippen LogP contribution in [-0.2, 0) is 21.9 Å². The van der Waals surface area contributed by atoms with Crippen LogP contribution < -0.4 is 0 Å². The average Bonchev–Trinajstić information content (AvgIpc) is 2.25. The number of carbonyl (C=O) groups excluding carboxylic acids is 2. The molecule has 116 valence electrons. The second kappa shape index (κ2) is 5.45. The smallest absolute Gasteiger partial charge is 0.299 e. The van der Waals surface area contributed by atoms with Gasteiger partial charge in [-0.2, -0.15) is 26.3 Å². The highest BCUT2D eigenvalue weighted by Gasteiger charge is 2.40. The van der Waals surface area contributed by atoms with Gasteiger partial charge in [0, 0.05) is 0 Å². The van der Waals surface area contributed by atoms with Crippen molar-refractivity contribution in [2.24, 2.45) is 0 Å². The van der Waals surface area contributed by atoms with Gasteiger partial charge in [0.1, 0.15) is 28.9 Å². The summed E-state index contributed by atoms with van der Waals surface area (Å²) >= 11 is 0. The number of hydrogen-bond acceptors (Lipinski definition) is 3. The molecule has 0 aliphatic rings. The number of hydrogen-bond donors (Lipinski definition) is 0. The Hall–Kier alpha value is -1.93.